The lowest BCUT2D eigenvalue weighted by Gasteiger charge is -2.63. The number of hydrogen-bond donors (Lipinski definition) is 2. The van der Waals surface area contributed by atoms with Crippen LogP contribution in [0.15, 0.2) is 42.7 Å². The second-order valence-corrected chi connectivity index (χ2v) is 18.0. The quantitative estimate of drug-likeness (QED) is 0.294. The zero-order valence-electron chi connectivity index (χ0n) is 34.0. The van der Waals surface area contributed by atoms with Gasteiger partial charge in [0.1, 0.15) is 29.8 Å². The van der Waals surface area contributed by atoms with Gasteiger partial charge in [-0.3, -0.25) is 39.1 Å². The molecule has 5 aliphatic rings. The summed E-state index contributed by atoms with van der Waals surface area (Å²) >= 11 is 6.23. The highest BCUT2D eigenvalue weighted by molar-refractivity contribution is 6.31. The zero-order chi connectivity index (χ0) is 42.7. The SMILES string of the molecule is CC1(C)[C@H](NC(=O)c2ncc(N3CCN(CC4CCN(c5cc6c(cc5F)C(=O)N(C5CCC(=O)NC5=O)C6=O)CC4)CC3)cn2)C(C)(C)[C@H]1Oc1ccc(C#N)c(Cl)c1. The van der Waals surface area contributed by atoms with Crippen LogP contribution >= 0.6 is 11.6 Å². The topological polar surface area (TPSA) is 181 Å². The molecule has 60 heavy (non-hydrogen) atoms. The highest BCUT2D eigenvalue weighted by atomic mass is 35.5. The summed E-state index contributed by atoms with van der Waals surface area (Å²) in [5, 5.41) is 14.8. The Labute approximate surface area is 352 Å². The minimum Gasteiger partial charge on any atom is -0.489 e. The van der Waals surface area contributed by atoms with Crippen LogP contribution in [0.1, 0.15) is 90.3 Å². The van der Waals surface area contributed by atoms with E-state index in [0.29, 0.717) is 35.3 Å². The first-order valence-electron chi connectivity index (χ1n) is 20.3. The molecule has 1 aliphatic carbocycles. The second-order valence-electron chi connectivity index (χ2n) is 17.6. The molecule has 3 aromatic rings. The number of carbonyl (C=O) groups excluding carboxylic acids is 5. The van der Waals surface area contributed by atoms with E-state index >= 15 is 4.39 Å². The Bertz CT molecular complexity index is 2280. The molecule has 5 amide bonds. The molecule has 17 heteroatoms. The number of carbonyl (C=O) groups is 5. The van der Waals surface area contributed by atoms with Gasteiger partial charge in [0.05, 0.1) is 45.5 Å². The third-order valence-corrected chi connectivity index (χ3v) is 13.3. The number of benzene rings is 2. The summed E-state index contributed by atoms with van der Waals surface area (Å²) in [6, 6.07) is 8.24. The number of nitrogens with zero attached hydrogens (tertiary/aromatic N) is 7. The minimum atomic E-state index is -1.11. The Morgan fingerprint density at radius 3 is 2.20 bits per heavy atom. The minimum absolute atomic E-state index is 0.0114. The third-order valence-electron chi connectivity index (χ3n) is 13.0. The van der Waals surface area contributed by atoms with Crippen LogP contribution in [0.5, 0.6) is 5.75 Å². The van der Waals surface area contributed by atoms with E-state index in [1.807, 2.05) is 32.6 Å². The normalized spacial score (nSPS) is 24.1. The molecule has 4 aliphatic heterocycles. The van der Waals surface area contributed by atoms with Crippen LogP contribution < -0.4 is 25.2 Å². The number of halogens is 2. The molecule has 0 spiro atoms. The molecule has 2 aromatic carbocycles. The Balaban J connectivity index is 0.800. The molecule has 1 atom stereocenters. The smallest absolute Gasteiger partial charge is 0.289 e. The Kier molecular flexibility index (Phi) is 10.8. The number of amides is 5. The number of anilines is 2. The van der Waals surface area contributed by atoms with E-state index in [9.17, 15) is 29.2 Å². The molecule has 314 valence electrons. The standard InChI is InChI=1S/C43H47ClFN9O6/c1-42(2)40(43(3,4)41(42)60-27-6-5-25(20-46)30(44)17-27)50-37(57)35-47-21-26(22-48-35)52-15-13-51(14-16-52)23-24-9-11-53(12-10-24)33-19-29-28(18-31(33)45)38(58)54(39(29)59)32-7-8-34(55)49-36(32)56/h5-6,17-19,21-22,24,32,40-41H,7-16,23H2,1-4H3,(H,50,57)(H,49,55,56)/t32?,40-,41-. The number of aromatic nitrogens is 2. The molecular formula is C43H47ClFN9O6. The van der Waals surface area contributed by atoms with Crippen molar-refractivity contribution in [1.82, 2.24) is 30.4 Å². The van der Waals surface area contributed by atoms with Gasteiger partial charge in [-0.15, -0.1) is 0 Å². The highest BCUT2D eigenvalue weighted by Crippen LogP contribution is 2.55. The maximum atomic E-state index is 15.5. The molecule has 1 unspecified atom stereocenters. The average molecular weight is 840 g/mol. The van der Waals surface area contributed by atoms with Crippen LogP contribution in [-0.2, 0) is 9.59 Å². The van der Waals surface area contributed by atoms with Crippen molar-refractivity contribution in [2.45, 2.75) is 71.6 Å². The van der Waals surface area contributed by atoms with Gasteiger partial charge in [-0.1, -0.05) is 39.3 Å². The first kappa shape index (κ1) is 41.1. The van der Waals surface area contributed by atoms with Crippen LogP contribution in [-0.4, -0.2) is 113 Å². The summed E-state index contributed by atoms with van der Waals surface area (Å²) in [6.07, 6.45) is 4.86. The molecular weight excluding hydrogens is 793 g/mol. The van der Waals surface area contributed by atoms with Crippen molar-refractivity contribution >= 4 is 52.5 Å². The van der Waals surface area contributed by atoms with Gasteiger partial charge >= 0.3 is 0 Å². The fraction of sp³-hybridized carbons (Fsp3) is 0.488. The summed E-state index contributed by atoms with van der Waals surface area (Å²) in [4.78, 5) is 80.1. The molecule has 0 radical (unpaired) electrons. The number of hydrogen-bond acceptors (Lipinski definition) is 12. The van der Waals surface area contributed by atoms with E-state index in [1.54, 1.807) is 30.6 Å². The predicted octanol–water partition coefficient (Wildman–Crippen LogP) is 4.19. The van der Waals surface area contributed by atoms with Gasteiger partial charge in [0, 0.05) is 75.2 Å². The maximum absolute atomic E-state index is 15.5. The van der Waals surface area contributed by atoms with E-state index in [0.717, 1.165) is 62.2 Å². The summed E-state index contributed by atoms with van der Waals surface area (Å²) in [6.45, 7) is 13.5. The first-order valence-corrected chi connectivity index (χ1v) is 20.7. The van der Waals surface area contributed by atoms with E-state index in [4.69, 9.17) is 16.3 Å². The van der Waals surface area contributed by atoms with Gasteiger partial charge < -0.3 is 19.9 Å². The van der Waals surface area contributed by atoms with Crippen molar-refractivity contribution in [1.29, 1.82) is 5.26 Å². The number of imide groups is 2. The fourth-order valence-corrected chi connectivity index (χ4v) is 10.2. The Morgan fingerprint density at radius 2 is 1.58 bits per heavy atom. The van der Waals surface area contributed by atoms with Gasteiger partial charge in [-0.2, -0.15) is 5.26 Å². The summed E-state index contributed by atoms with van der Waals surface area (Å²) in [7, 11) is 0. The molecule has 4 fully saturated rings. The van der Waals surface area contributed by atoms with E-state index in [2.05, 4.69) is 36.5 Å². The number of nitrogens with one attached hydrogen (secondary N) is 2. The first-order chi connectivity index (χ1) is 28.6. The lowest BCUT2D eigenvalue weighted by atomic mass is 9.49. The van der Waals surface area contributed by atoms with Gasteiger partial charge in [0.15, 0.2) is 0 Å². The second kappa shape index (κ2) is 15.7. The number of rotatable bonds is 9. The largest absolute Gasteiger partial charge is 0.489 e. The summed E-state index contributed by atoms with van der Waals surface area (Å²) in [5.74, 6) is -2.44. The lowest BCUT2D eigenvalue weighted by Crippen LogP contribution is -2.74. The van der Waals surface area contributed by atoms with Gasteiger partial charge in [-0.25, -0.2) is 14.4 Å². The number of piperidine rings is 2. The molecule has 8 rings (SSSR count). The number of ether oxygens (including phenoxy) is 1. The monoisotopic (exact) mass is 839 g/mol. The van der Waals surface area contributed by atoms with Crippen LogP contribution in [0.4, 0.5) is 15.8 Å². The average Bonchev–Trinajstić information content (AvgIpc) is 3.46. The van der Waals surface area contributed by atoms with E-state index in [-0.39, 0.29) is 53.5 Å². The van der Waals surface area contributed by atoms with E-state index in [1.165, 1.54) is 6.07 Å². The van der Waals surface area contributed by atoms with Gasteiger partial charge in [0.2, 0.25) is 17.6 Å². The molecule has 3 saturated heterocycles. The van der Waals surface area contributed by atoms with Crippen LogP contribution in [0.2, 0.25) is 5.02 Å². The van der Waals surface area contributed by atoms with Crippen molar-refractivity contribution in [2.24, 2.45) is 16.7 Å². The fourth-order valence-electron chi connectivity index (χ4n) is 10.0. The van der Waals surface area contributed by atoms with Gasteiger partial charge in [-0.05, 0) is 49.4 Å². The molecule has 0 bridgehead atoms. The molecule has 1 saturated carbocycles. The van der Waals surface area contributed by atoms with Crippen LogP contribution in [0, 0.1) is 33.9 Å². The van der Waals surface area contributed by atoms with Crippen molar-refractivity contribution in [3.05, 3.63) is 76.1 Å². The van der Waals surface area contributed by atoms with Crippen LogP contribution in [0.25, 0.3) is 0 Å². The number of nitriles is 1. The lowest BCUT2D eigenvalue weighted by molar-refractivity contribution is -0.164. The highest BCUT2D eigenvalue weighted by Gasteiger charge is 2.64. The Hall–Kier alpha value is -5.66. The van der Waals surface area contributed by atoms with Crippen LogP contribution in [0.3, 0.4) is 0 Å². The predicted molar refractivity (Wildman–Crippen MR) is 218 cm³/mol. The number of piperazine rings is 1. The van der Waals surface area contributed by atoms with Crippen molar-refractivity contribution < 1.29 is 33.1 Å². The summed E-state index contributed by atoms with van der Waals surface area (Å²) < 4.78 is 21.8. The third kappa shape index (κ3) is 7.42. The molecule has 15 nitrogen and oxygen atoms in total. The summed E-state index contributed by atoms with van der Waals surface area (Å²) in [5.41, 5.74) is 0.631. The molecule has 1 aromatic heterocycles. The van der Waals surface area contributed by atoms with E-state index < -0.39 is 46.3 Å². The maximum Gasteiger partial charge on any atom is 0.289 e. The Morgan fingerprint density at radius 1 is 0.933 bits per heavy atom. The van der Waals surface area contributed by atoms with Gasteiger partial charge in [0.25, 0.3) is 17.7 Å². The zero-order valence-corrected chi connectivity index (χ0v) is 34.7. The number of fused-ring (bicyclic) bond motifs is 1. The van der Waals surface area contributed by atoms with Crippen molar-refractivity contribution in [2.75, 3.05) is 55.6 Å². The van der Waals surface area contributed by atoms with Crippen molar-refractivity contribution in [3.8, 4) is 11.8 Å². The van der Waals surface area contributed by atoms with Crippen molar-refractivity contribution in [3.63, 3.8) is 0 Å². The molecule has 2 N–H and O–H groups in total. The molecule has 5 heterocycles.